The van der Waals surface area contributed by atoms with E-state index in [1.165, 1.54) is 0 Å². The summed E-state index contributed by atoms with van der Waals surface area (Å²) in [5.74, 6) is 3.32. The number of hydrogen-bond acceptors (Lipinski definition) is 5. The Morgan fingerprint density at radius 2 is 1.00 bits per heavy atom. The Morgan fingerprint density at radius 1 is 0.471 bits per heavy atom. The lowest BCUT2D eigenvalue weighted by atomic mass is 10.2. The van der Waals surface area contributed by atoms with Crippen molar-refractivity contribution in [2.24, 2.45) is 0 Å². The van der Waals surface area contributed by atoms with E-state index in [9.17, 15) is 0 Å². The van der Waals surface area contributed by atoms with Crippen molar-refractivity contribution in [1.29, 1.82) is 0 Å². The highest BCUT2D eigenvalue weighted by Crippen LogP contribution is 2.22. The number of hydrogen-bond donors (Lipinski definition) is 1. The van der Waals surface area contributed by atoms with E-state index in [4.69, 9.17) is 18.9 Å². The molecule has 0 aliphatic rings. The maximum absolute atomic E-state index is 5.97. The molecule has 0 heterocycles. The summed E-state index contributed by atoms with van der Waals surface area (Å²) in [6.07, 6.45) is 0. The van der Waals surface area contributed by atoms with Crippen LogP contribution in [0.15, 0.2) is 109 Å². The summed E-state index contributed by atoms with van der Waals surface area (Å²) in [6.45, 7) is 2.55. The highest BCUT2D eigenvalue weighted by atomic mass is 16.5. The first kappa shape index (κ1) is 23.1. The fourth-order valence-corrected chi connectivity index (χ4v) is 3.35. The van der Waals surface area contributed by atoms with E-state index in [0.717, 1.165) is 34.2 Å². The fraction of sp³-hybridized carbons (Fsp3) is 0.172. The Bertz CT molecular complexity index is 1120. The van der Waals surface area contributed by atoms with E-state index >= 15 is 0 Å². The molecule has 1 N–H and O–H groups in total. The Labute approximate surface area is 200 Å². The van der Waals surface area contributed by atoms with E-state index in [0.29, 0.717) is 33.0 Å². The quantitative estimate of drug-likeness (QED) is 0.243. The van der Waals surface area contributed by atoms with Crippen molar-refractivity contribution >= 4 is 5.69 Å². The van der Waals surface area contributed by atoms with Gasteiger partial charge < -0.3 is 24.3 Å². The van der Waals surface area contributed by atoms with E-state index in [1.54, 1.807) is 0 Å². The van der Waals surface area contributed by atoms with Crippen LogP contribution in [-0.4, -0.2) is 26.4 Å². The van der Waals surface area contributed by atoms with Gasteiger partial charge in [0.1, 0.15) is 49.4 Å². The highest BCUT2D eigenvalue weighted by Gasteiger charge is 2.04. The predicted octanol–water partition coefficient (Wildman–Crippen LogP) is 6.21. The summed E-state index contributed by atoms with van der Waals surface area (Å²) in [6, 6.07) is 35.4. The van der Waals surface area contributed by atoms with Crippen molar-refractivity contribution < 1.29 is 18.9 Å². The molecule has 4 rings (SSSR count). The van der Waals surface area contributed by atoms with Crippen LogP contribution >= 0.6 is 0 Å². The Hall–Kier alpha value is -4.12. The minimum Gasteiger partial charge on any atom is -0.490 e. The van der Waals surface area contributed by atoms with Gasteiger partial charge in [0.05, 0.1) is 0 Å². The summed E-state index contributed by atoms with van der Waals surface area (Å²) < 4.78 is 23.2. The summed E-state index contributed by atoms with van der Waals surface area (Å²) in [5.41, 5.74) is 2.05. The molecule has 0 radical (unpaired) electrons. The third-order valence-electron chi connectivity index (χ3n) is 5.01. The molecule has 4 aromatic carbocycles. The SMILES string of the molecule is c1ccc(OCCOc2cccc(NCc3ccccc3OCCOc3ccccc3)c2)cc1. The standard InChI is InChI=1S/C29H29NO4/c1-3-12-26(13-4-1)31-18-19-33-28-16-9-11-25(22-28)30-23-24-10-7-8-17-29(24)34-21-20-32-27-14-5-2-6-15-27/h1-17,22,30H,18-21,23H2. The number of para-hydroxylation sites is 3. The first-order valence-corrected chi connectivity index (χ1v) is 11.4. The van der Waals surface area contributed by atoms with Crippen LogP contribution in [0.3, 0.4) is 0 Å². The number of anilines is 1. The highest BCUT2D eigenvalue weighted by molar-refractivity contribution is 5.49. The van der Waals surface area contributed by atoms with Gasteiger partial charge >= 0.3 is 0 Å². The monoisotopic (exact) mass is 455 g/mol. The van der Waals surface area contributed by atoms with Crippen LogP contribution in [0.1, 0.15) is 5.56 Å². The van der Waals surface area contributed by atoms with Gasteiger partial charge in [0.15, 0.2) is 0 Å². The molecule has 0 spiro atoms. The van der Waals surface area contributed by atoms with Crippen LogP contribution < -0.4 is 24.3 Å². The average Bonchev–Trinajstić information content (AvgIpc) is 2.90. The molecule has 0 fully saturated rings. The van der Waals surface area contributed by atoms with Crippen molar-refractivity contribution in [2.45, 2.75) is 6.54 Å². The maximum atomic E-state index is 5.97. The van der Waals surface area contributed by atoms with E-state index in [-0.39, 0.29) is 0 Å². The Kier molecular flexibility index (Phi) is 8.68. The van der Waals surface area contributed by atoms with Crippen molar-refractivity contribution in [1.82, 2.24) is 0 Å². The zero-order valence-corrected chi connectivity index (χ0v) is 19.1. The third kappa shape index (κ3) is 7.48. The van der Waals surface area contributed by atoms with Crippen LogP contribution in [0.2, 0.25) is 0 Å². The molecule has 5 nitrogen and oxygen atoms in total. The van der Waals surface area contributed by atoms with Crippen molar-refractivity contribution in [2.75, 3.05) is 31.7 Å². The van der Waals surface area contributed by atoms with Gasteiger partial charge in [-0.1, -0.05) is 60.7 Å². The largest absolute Gasteiger partial charge is 0.490 e. The number of benzene rings is 4. The lowest BCUT2D eigenvalue weighted by Crippen LogP contribution is -2.11. The number of rotatable bonds is 13. The molecule has 0 aliphatic heterocycles. The van der Waals surface area contributed by atoms with Crippen LogP contribution in [0.4, 0.5) is 5.69 Å². The topological polar surface area (TPSA) is 49.0 Å². The molecule has 0 aliphatic carbocycles. The summed E-state index contributed by atoms with van der Waals surface area (Å²) in [7, 11) is 0. The molecular weight excluding hydrogens is 426 g/mol. The first-order chi connectivity index (χ1) is 16.9. The van der Waals surface area contributed by atoms with Gasteiger partial charge in [-0.15, -0.1) is 0 Å². The molecule has 0 amide bonds. The molecule has 0 saturated carbocycles. The molecule has 0 bridgehead atoms. The minimum atomic E-state index is 0.472. The van der Waals surface area contributed by atoms with Crippen LogP contribution in [-0.2, 0) is 6.54 Å². The van der Waals surface area contributed by atoms with Gasteiger partial charge in [-0.3, -0.25) is 0 Å². The lowest BCUT2D eigenvalue weighted by molar-refractivity contribution is 0.216. The van der Waals surface area contributed by atoms with Gasteiger partial charge in [0, 0.05) is 23.9 Å². The summed E-state index contributed by atoms with van der Waals surface area (Å²) in [4.78, 5) is 0. The van der Waals surface area contributed by atoms with Gasteiger partial charge in [-0.2, -0.15) is 0 Å². The number of ether oxygens (including phenoxy) is 4. The van der Waals surface area contributed by atoms with Gasteiger partial charge in [-0.05, 0) is 42.5 Å². The smallest absolute Gasteiger partial charge is 0.124 e. The molecule has 0 aromatic heterocycles. The molecule has 174 valence electrons. The summed E-state index contributed by atoms with van der Waals surface area (Å²) >= 11 is 0. The maximum Gasteiger partial charge on any atom is 0.124 e. The van der Waals surface area contributed by atoms with E-state index < -0.39 is 0 Å². The zero-order valence-electron chi connectivity index (χ0n) is 19.1. The van der Waals surface area contributed by atoms with E-state index in [1.807, 2.05) is 103 Å². The third-order valence-corrected chi connectivity index (χ3v) is 5.01. The average molecular weight is 456 g/mol. The molecule has 0 unspecified atom stereocenters. The zero-order chi connectivity index (χ0) is 23.3. The normalized spacial score (nSPS) is 10.4. The second-order valence-corrected chi connectivity index (χ2v) is 7.51. The number of nitrogens with one attached hydrogen (secondary N) is 1. The predicted molar refractivity (Wildman–Crippen MR) is 135 cm³/mol. The summed E-state index contributed by atoms with van der Waals surface area (Å²) in [5, 5.41) is 3.45. The Balaban J connectivity index is 1.22. The van der Waals surface area contributed by atoms with Crippen molar-refractivity contribution in [3.63, 3.8) is 0 Å². The van der Waals surface area contributed by atoms with Crippen molar-refractivity contribution in [3.05, 3.63) is 115 Å². The second kappa shape index (κ2) is 12.8. The fourth-order valence-electron chi connectivity index (χ4n) is 3.35. The molecule has 5 heteroatoms. The van der Waals surface area contributed by atoms with Gasteiger partial charge in [-0.25, -0.2) is 0 Å². The van der Waals surface area contributed by atoms with Crippen LogP contribution in [0.5, 0.6) is 23.0 Å². The minimum absolute atomic E-state index is 0.472. The molecule has 34 heavy (non-hydrogen) atoms. The lowest BCUT2D eigenvalue weighted by Gasteiger charge is -2.14. The van der Waals surface area contributed by atoms with Crippen LogP contribution in [0, 0.1) is 0 Å². The van der Waals surface area contributed by atoms with E-state index in [2.05, 4.69) is 11.4 Å². The molecule has 0 atom stereocenters. The van der Waals surface area contributed by atoms with Gasteiger partial charge in [0.2, 0.25) is 0 Å². The molecule has 0 saturated heterocycles. The molecule has 4 aromatic rings. The Morgan fingerprint density at radius 3 is 1.68 bits per heavy atom. The van der Waals surface area contributed by atoms with Crippen molar-refractivity contribution in [3.8, 4) is 23.0 Å². The second-order valence-electron chi connectivity index (χ2n) is 7.51. The molecular formula is C29H29NO4. The van der Waals surface area contributed by atoms with Crippen LogP contribution in [0.25, 0.3) is 0 Å². The first-order valence-electron chi connectivity index (χ1n) is 11.4. The van der Waals surface area contributed by atoms with Gasteiger partial charge in [0.25, 0.3) is 0 Å².